The van der Waals surface area contributed by atoms with Crippen LogP contribution in [0.4, 0.5) is 0 Å². The Morgan fingerprint density at radius 1 is 0.784 bits per heavy atom. The van der Waals surface area contributed by atoms with E-state index in [0.29, 0.717) is 6.04 Å². The standard InChI is InChI=1S/C48H43N3/c1-30-18-21-43-38-16-10-9-15-37(38)40-20-19-36-27-45-42(39-17-11-14-34-22-24-48(4,5)32(3)51(45)47(34)39)28-41(36)44-26-35(33-12-7-6-8-13-33)23-25-49(44)31(2)46(40)50(43)29-30/h6-18,21-29,32,40,46H,2,19-20H2,1,3-5H3/q+2/t32-,40?,46?/m1/s1. The molecule has 0 saturated carbocycles. The summed E-state index contributed by atoms with van der Waals surface area (Å²) in [6.45, 7) is 14.3. The molecule has 0 N–H and O–H groups in total. The van der Waals surface area contributed by atoms with Crippen molar-refractivity contribution in [3.05, 3.63) is 156 Å². The van der Waals surface area contributed by atoms with Gasteiger partial charge < -0.3 is 4.57 Å². The number of fused-ring (bicyclic) bond motifs is 12. The molecule has 3 aromatic heterocycles. The molecule has 2 unspecified atom stereocenters. The number of aryl methyl sites for hydroxylation is 2. The fraction of sp³-hybridized carbons (Fsp3) is 0.208. The van der Waals surface area contributed by atoms with Crippen LogP contribution in [0.5, 0.6) is 0 Å². The number of benzene rings is 4. The van der Waals surface area contributed by atoms with E-state index in [4.69, 9.17) is 6.58 Å². The highest BCUT2D eigenvalue weighted by Gasteiger charge is 2.47. The van der Waals surface area contributed by atoms with Gasteiger partial charge >= 0.3 is 0 Å². The van der Waals surface area contributed by atoms with Crippen molar-refractivity contribution in [3.63, 3.8) is 0 Å². The number of hydrogen-bond acceptors (Lipinski definition) is 0. The smallest absolute Gasteiger partial charge is 0.249 e. The second kappa shape index (κ2) is 11.0. The van der Waals surface area contributed by atoms with Gasteiger partial charge in [0, 0.05) is 57.1 Å². The fourth-order valence-corrected chi connectivity index (χ4v) is 9.41. The summed E-state index contributed by atoms with van der Waals surface area (Å²) in [6.07, 6.45) is 11.4. The number of aromatic nitrogens is 3. The number of hydrogen-bond donors (Lipinski definition) is 0. The van der Waals surface area contributed by atoms with Crippen molar-refractivity contribution in [3.8, 4) is 33.6 Å². The summed E-state index contributed by atoms with van der Waals surface area (Å²) in [4.78, 5) is 0. The molecule has 4 aromatic carbocycles. The summed E-state index contributed by atoms with van der Waals surface area (Å²) in [6, 6.07) is 41.4. The molecule has 7 aromatic rings. The van der Waals surface area contributed by atoms with Crippen LogP contribution in [0.25, 0.3) is 67.2 Å². The molecule has 0 amide bonds. The maximum Gasteiger partial charge on any atom is 0.249 e. The second-order valence-corrected chi connectivity index (χ2v) is 15.7. The van der Waals surface area contributed by atoms with E-state index in [2.05, 4.69) is 175 Å². The van der Waals surface area contributed by atoms with Gasteiger partial charge in [-0.1, -0.05) is 92.7 Å². The Hall–Kier alpha value is -5.54. The fourth-order valence-electron chi connectivity index (χ4n) is 9.41. The van der Waals surface area contributed by atoms with Gasteiger partial charge in [-0.2, -0.15) is 9.13 Å². The topological polar surface area (TPSA) is 12.7 Å². The van der Waals surface area contributed by atoms with E-state index in [1.54, 1.807) is 0 Å². The summed E-state index contributed by atoms with van der Waals surface area (Å²) in [5, 5.41) is 2.65. The van der Waals surface area contributed by atoms with Crippen molar-refractivity contribution in [1.29, 1.82) is 0 Å². The van der Waals surface area contributed by atoms with Gasteiger partial charge in [-0.25, -0.2) is 0 Å². The van der Waals surface area contributed by atoms with Crippen LogP contribution < -0.4 is 9.13 Å². The highest BCUT2D eigenvalue weighted by atomic mass is 15.1. The SMILES string of the molecule is C=C1C2C(CCc3cc4c(cc3-c3cc(-c5ccccc5)cc[n+]31)c1cccc3c1n4[C@H](C)C(C)(C)C=C3)c1ccccc1-c1ccc(C)c[n+]12. The molecular formula is C48H43N3+2. The largest absolute Gasteiger partial charge is 0.336 e. The zero-order valence-electron chi connectivity index (χ0n) is 29.9. The average Bonchev–Trinajstić information content (AvgIpc) is 3.45. The van der Waals surface area contributed by atoms with Gasteiger partial charge in [0.15, 0.2) is 12.4 Å². The van der Waals surface area contributed by atoms with Gasteiger partial charge in [-0.15, -0.1) is 0 Å². The number of nitrogens with zero attached hydrogens (tertiary/aromatic N) is 3. The Bertz CT molecular complexity index is 2620. The van der Waals surface area contributed by atoms with Crippen molar-refractivity contribution in [1.82, 2.24) is 4.57 Å². The maximum atomic E-state index is 4.98. The molecule has 0 saturated heterocycles. The third-order valence-electron chi connectivity index (χ3n) is 12.4. The molecule has 51 heavy (non-hydrogen) atoms. The molecule has 3 atom stereocenters. The Morgan fingerprint density at radius 3 is 2.47 bits per heavy atom. The Balaban J connectivity index is 1.29. The number of para-hydroxylation sites is 1. The molecular weight excluding hydrogens is 619 g/mol. The van der Waals surface area contributed by atoms with Crippen LogP contribution in [0.1, 0.15) is 67.4 Å². The predicted octanol–water partition coefficient (Wildman–Crippen LogP) is 11.0. The summed E-state index contributed by atoms with van der Waals surface area (Å²) in [7, 11) is 0. The van der Waals surface area contributed by atoms with E-state index in [0.717, 1.165) is 18.5 Å². The first-order valence-corrected chi connectivity index (χ1v) is 18.5. The van der Waals surface area contributed by atoms with Gasteiger partial charge in [0.25, 0.3) is 0 Å². The van der Waals surface area contributed by atoms with Crippen LogP contribution in [0.15, 0.2) is 134 Å². The van der Waals surface area contributed by atoms with E-state index in [1.807, 2.05) is 0 Å². The summed E-state index contributed by atoms with van der Waals surface area (Å²) in [5.41, 5.74) is 16.7. The van der Waals surface area contributed by atoms with Gasteiger partial charge in [-0.3, -0.25) is 0 Å². The molecule has 6 heterocycles. The monoisotopic (exact) mass is 661 g/mol. The third kappa shape index (κ3) is 4.43. The summed E-state index contributed by atoms with van der Waals surface area (Å²) < 4.78 is 7.58. The summed E-state index contributed by atoms with van der Waals surface area (Å²) in [5.74, 6) is 0.269. The highest BCUT2D eigenvalue weighted by molar-refractivity contribution is 6.12. The quantitative estimate of drug-likeness (QED) is 0.155. The average molecular weight is 662 g/mol. The number of pyridine rings is 2. The van der Waals surface area contributed by atoms with E-state index in [9.17, 15) is 0 Å². The van der Waals surface area contributed by atoms with Crippen molar-refractivity contribution < 1.29 is 9.13 Å². The lowest BCUT2D eigenvalue weighted by atomic mass is 9.78. The molecule has 0 fully saturated rings. The van der Waals surface area contributed by atoms with E-state index in [1.165, 1.54) is 77.7 Å². The van der Waals surface area contributed by atoms with Crippen LogP contribution in [0, 0.1) is 12.3 Å². The van der Waals surface area contributed by atoms with Crippen LogP contribution in [0.2, 0.25) is 0 Å². The number of rotatable bonds is 1. The minimum absolute atomic E-state index is 0.00615. The second-order valence-electron chi connectivity index (χ2n) is 15.7. The van der Waals surface area contributed by atoms with Crippen molar-refractivity contribution in [2.45, 2.75) is 58.5 Å². The van der Waals surface area contributed by atoms with Gasteiger partial charge in [-0.05, 0) is 85.4 Å². The van der Waals surface area contributed by atoms with Gasteiger partial charge in [0.2, 0.25) is 23.1 Å². The Kier molecular flexibility index (Phi) is 6.52. The molecule has 3 aliphatic heterocycles. The van der Waals surface area contributed by atoms with Crippen molar-refractivity contribution in [2.24, 2.45) is 5.41 Å². The molecule has 0 bridgehead atoms. The van der Waals surface area contributed by atoms with Crippen LogP contribution in [-0.4, -0.2) is 4.57 Å². The van der Waals surface area contributed by atoms with Crippen LogP contribution in [-0.2, 0) is 6.42 Å². The van der Waals surface area contributed by atoms with Crippen LogP contribution >= 0.6 is 0 Å². The lowest BCUT2D eigenvalue weighted by Crippen LogP contribution is -2.53. The Morgan fingerprint density at radius 2 is 1.61 bits per heavy atom. The van der Waals surface area contributed by atoms with E-state index >= 15 is 0 Å². The molecule has 0 aliphatic carbocycles. The molecule has 248 valence electrons. The van der Waals surface area contributed by atoms with Crippen molar-refractivity contribution >= 4 is 33.6 Å². The van der Waals surface area contributed by atoms with E-state index in [-0.39, 0.29) is 17.4 Å². The minimum Gasteiger partial charge on any atom is -0.336 e. The van der Waals surface area contributed by atoms with E-state index < -0.39 is 0 Å². The first-order chi connectivity index (χ1) is 24.8. The maximum absolute atomic E-state index is 4.98. The van der Waals surface area contributed by atoms with Crippen molar-refractivity contribution in [2.75, 3.05) is 0 Å². The molecule has 3 aliphatic rings. The predicted molar refractivity (Wildman–Crippen MR) is 210 cm³/mol. The normalized spacial score (nSPS) is 19.9. The highest BCUT2D eigenvalue weighted by Crippen LogP contribution is 2.48. The number of allylic oxidation sites excluding steroid dienone is 2. The lowest BCUT2D eigenvalue weighted by Gasteiger charge is -2.30. The lowest BCUT2D eigenvalue weighted by molar-refractivity contribution is -0.727. The molecule has 0 spiro atoms. The van der Waals surface area contributed by atoms with Crippen LogP contribution in [0.3, 0.4) is 0 Å². The molecule has 3 heteroatoms. The zero-order chi connectivity index (χ0) is 34.6. The first-order valence-electron chi connectivity index (χ1n) is 18.5. The molecule has 3 nitrogen and oxygen atoms in total. The molecule has 0 radical (unpaired) electrons. The van der Waals surface area contributed by atoms with Gasteiger partial charge in [0.1, 0.15) is 0 Å². The summed E-state index contributed by atoms with van der Waals surface area (Å²) >= 11 is 0. The Labute approximate surface area is 300 Å². The van der Waals surface area contributed by atoms with Gasteiger partial charge in [0.05, 0.1) is 17.0 Å². The molecule has 10 rings (SSSR count). The minimum atomic E-state index is 0.00615. The first kappa shape index (κ1) is 30.3. The zero-order valence-corrected chi connectivity index (χ0v) is 29.9. The third-order valence-corrected chi connectivity index (χ3v) is 12.4.